The van der Waals surface area contributed by atoms with Crippen LogP contribution in [0.2, 0.25) is 5.02 Å². The number of carbonyl (C=O) groups is 2. The van der Waals surface area contributed by atoms with Gasteiger partial charge in [-0.25, -0.2) is 0 Å². The van der Waals surface area contributed by atoms with Crippen molar-refractivity contribution in [3.63, 3.8) is 0 Å². The molecule has 0 fully saturated rings. The fourth-order valence-corrected chi connectivity index (χ4v) is 3.65. The van der Waals surface area contributed by atoms with E-state index < -0.39 is 0 Å². The first-order chi connectivity index (χ1) is 9.87. The largest absolute Gasteiger partial charge is 0.329 e. The average Bonchev–Trinajstić information content (AvgIpc) is 2.36. The molecule has 2 aliphatic rings. The van der Waals surface area contributed by atoms with Gasteiger partial charge in [-0.05, 0) is 23.5 Å². The summed E-state index contributed by atoms with van der Waals surface area (Å²) >= 11 is 6.27. The van der Waals surface area contributed by atoms with Crippen molar-refractivity contribution >= 4 is 23.3 Å². The quantitative estimate of drug-likeness (QED) is 0.862. The maximum absolute atomic E-state index is 12.6. The molecule has 110 valence electrons. The van der Waals surface area contributed by atoms with Crippen molar-refractivity contribution in [3.05, 3.63) is 46.1 Å². The molecule has 1 atom stereocenters. The molecule has 1 aromatic carbocycles. The summed E-state index contributed by atoms with van der Waals surface area (Å²) in [5, 5.41) is 3.51. The van der Waals surface area contributed by atoms with E-state index in [4.69, 9.17) is 11.6 Å². The van der Waals surface area contributed by atoms with Crippen LogP contribution in [0.5, 0.6) is 0 Å². The van der Waals surface area contributed by atoms with Gasteiger partial charge in [-0.1, -0.05) is 43.6 Å². The Hall–Kier alpha value is -1.61. The predicted octanol–water partition coefficient (Wildman–Crippen LogP) is 3.59. The Balaban J connectivity index is 2.11. The third kappa shape index (κ3) is 2.62. The van der Waals surface area contributed by atoms with Gasteiger partial charge in [-0.15, -0.1) is 0 Å². The molecule has 0 saturated heterocycles. The van der Waals surface area contributed by atoms with Crippen LogP contribution in [-0.2, 0) is 9.59 Å². The highest BCUT2D eigenvalue weighted by Crippen LogP contribution is 2.45. The standard InChI is InChI=1S/C17H18ClNO2/c1-17(2)8-13-16(14(20)9-17)11(7-15(21)19-13)10-5-3-4-6-12(10)18/h3-6,11H,7-9H2,1-2H3,(H,19,21). The van der Waals surface area contributed by atoms with Crippen molar-refractivity contribution in [3.8, 4) is 0 Å². The number of Topliss-reactive ketones (excluding diaryl/α,β-unsaturated/α-hetero) is 1. The monoisotopic (exact) mass is 303 g/mol. The van der Waals surface area contributed by atoms with E-state index in [0.29, 0.717) is 11.4 Å². The molecule has 1 heterocycles. The number of amides is 1. The van der Waals surface area contributed by atoms with Crippen molar-refractivity contribution in [1.82, 2.24) is 5.32 Å². The third-order valence-electron chi connectivity index (χ3n) is 4.23. The first-order valence-corrected chi connectivity index (χ1v) is 7.56. The first kappa shape index (κ1) is 14.3. The van der Waals surface area contributed by atoms with Crippen LogP contribution in [0.15, 0.2) is 35.5 Å². The first-order valence-electron chi connectivity index (χ1n) is 7.18. The van der Waals surface area contributed by atoms with Gasteiger partial charge >= 0.3 is 0 Å². The van der Waals surface area contributed by atoms with Gasteiger partial charge in [-0.2, -0.15) is 0 Å². The lowest BCUT2D eigenvalue weighted by atomic mass is 9.70. The summed E-state index contributed by atoms with van der Waals surface area (Å²) in [5.74, 6) is -0.124. The molecule has 0 radical (unpaired) electrons. The van der Waals surface area contributed by atoms with E-state index in [9.17, 15) is 9.59 Å². The van der Waals surface area contributed by atoms with Crippen LogP contribution in [0.1, 0.15) is 44.6 Å². The van der Waals surface area contributed by atoms with Crippen LogP contribution in [0.25, 0.3) is 0 Å². The lowest BCUT2D eigenvalue weighted by molar-refractivity contribution is -0.122. The minimum Gasteiger partial charge on any atom is -0.329 e. The molecule has 21 heavy (non-hydrogen) atoms. The third-order valence-corrected chi connectivity index (χ3v) is 4.57. The van der Waals surface area contributed by atoms with Crippen LogP contribution < -0.4 is 5.32 Å². The molecule has 1 N–H and O–H groups in total. The van der Waals surface area contributed by atoms with Gasteiger partial charge in [0.2, 0.25) is 5.91 Å². The molecule has 3 rings (SSSR count). The van der Waals surface area contributed by atoms with Crippen molar-refractivity contribution in [1.29, 1.82) is 0 Å². The van der Waals surface area contributed by atoms with Crippen molar-refractivity contribution in [2.45, 2.75) is 39.0 Å². The molecule has 0 bridgehead atoms. The molecule has 4 heteroatoms. The number of ketones is 1. The second-order valence-electron chi connectivity index (χ2n) is 6.66. The summed E-state index contributed by atoms with van der Waals surface area (Å²) in [5.41, 5.74) is 2.31. The molecule has 1 aromatic rings. The highest BCUT2D eigenvalue weighted by Gasteiger charge is 2.40. The summed E-state index contributed by atoms with van der Waals surface area (Å²) in [6.07, 6.45) is 1.53. The number of allylic oxidation sites excluding steroid dienone is 2. The summed E-state index contributed by atoms with van der Waals surface area (Å²) in [6, 6.07) is 7.46. The number of carbonyl (C=O) groups excluding carboxylic acids is 2. The van der Waals surface area contributed by atoms with E-state index in [1.807, 2.05) is 18.2 Å². The zero-order valence-corrected chi connectivity index (χ0v) is 13.0. The summed E-state index contributed by atoms with van der Waals surface area (Å²) < 4.78 is 0. The van der Waals surface area contributed by atoms with E-state index >= 15 is 0 Å². The minimum absolute atomic E-state index is 0.0378. The van der Waals surface area contributed by atoms with Gasteiger partial charge in [0, 0.05) is 35.1 Å². The number of hydrogen-bond acceptors (Lipinski definition) is 2. The average molecular weight is 304 g/mol. The molecule has 0 spiro atoms. The fourth-order valence-electron chi connectivity index (χ4n) is 3.38. The van der Waals surface area contributed by atoms with Gasteiger partial charge < -0.3 is 5.32 Å². The molecule has 1 amide bonds. The number of nitrogens with one attached hydrogen (secondary N) is 1. The number of halogens is 1. The van der Waals surface area contributed by atoms with Gasteiger partial charge in [0.15, 0.2) is 5.78 Å². The van der Waals surface area contributed by atoms with Crippen molar-refractivity contribution < 1.29 is 9.59 Å². The normalized spacial score (nSPS) is 24.6. The van der Waals surface area contributed by atoms with Crippen LogP contribution in [0.4, 0.5) is 0 Å². The van der Waals surface area contributed by atoms with Crippen molar-refractivity contribution in [2.24, 2.45) is 5.41 Å². The zero-order valence-electron chi connectivity index (χ0n) is 12.2. The van der Waals surface area contributed by atoms with Gasteiger partial charge in [0.1, 0.15) is 0 Å². The molecule has 1 unspecified atom stereocenters. The van der Waals surface area contributed by atoms with E-state index in [-0.39, 0.29) is 29.4 Å². The highest BCUT2D eigenvalue weighted by molar-refractivity contribution is 6.31. The van der Waals surface area contributed by atoms with Crippen LogP contribution in [0.3, 0.4) is 0 Å². The smallest absolute Gasteiger partial charge is 0.225 e. The Labute approximate surface area is 129 Å². The molecule has 0 aromatic heterocycles. The van der Waals surface area contributed by atoms with E-state index in [0.717, 1.165) is 23.3 Å². The van der Waals surface area contributed by atoms with E-state index in [2.05, 4.69) is 19.2 Å². The molecule has 1 aliphatic carbocycles. The van der Waals surface area contributed by atoms with E-state index in [1.165, 1.54) is 0 Å². The van der Waals surface area contributed by atoms with E-state index in [1.54, 1.807) is 6.07 Å². The Morgan fingerprint density at radius 1 is 1.19 bits per heavy atom. The van der Waals surface area contributed by atoms with Crippen LogP contribution >= 0.6 is 11.6 Å². The fraction of sp³-hybridized carbons (Fsp3) is 0.412. The van der Waals surface area contributed by atoms with Gasteiger partial charge in [0.05, 0.1) is 0 Å². The number of hydrogen-bond donors (Lipinski definition) is 1. The zero-order chi connectivity index (χ0) is 15.2. The maximum Gasteiger partial charge on any atom is 0.225 e. The Morgan fingerprint density at radius 2 is 1.90 bits per heavy atom. The highest BCUT2D eigenvalue weighted by atomic mass is 35.5. The topological polar surface area (TPSA) is 46.2 Å². The Kier molecular flexibility index (Phi) is 3.40. The molecule has 0 saturated carbocycles. The minimum atomic E-state index is -0.217. The predicted molar refractivity (Wildman–Crippen MR) is 82.0 cm³/mol. The second kappa shape index (κ2) is 4.99. The van der Waals surface area contributed by atoms with Gasteiger partial charge in [-0.3, -0.25) is 9.59 Å². The number of benzene rings is 1. The SMILES string of the molecule is CC1(C)CC(=O)C2=C(C1)NC(=O)CC2c1ccccc1Cl. The molecular weight excluding hydrogens is 286 g/mol. The Bertz CT molecular complexity index is 661. The van der Waals surface area contributed by atoms with Crippen LogP contribution in [0, 0.1) is 5.41 Å². The Morgan fingerprint density at radius 3 is 2.62 bits per heavy atom. The molecule has 3 nitrogen and oxygen atoms in total. The lowest BCUT2D eigenvalue weighted by Crippen LogP contribution is -2.40. The van der Waals surface area contributed by atoms with Crippen molar-refractivity contribution in [2.75, 3.05) is 0 Å². The maximum atomic E-state index is 12.6. The molecular formula is C17H18ClNO2. The van der Waals surface area contributed by atoms with Crippen LogP contribution in [-0.4, -0.2) is 11.7 Å². The summed E-state index contributed by atoms with van der Waals surface area (Å²) in [6.45, 7) is 4.11. The van der Waals surface area contributed by atoms with Gasteiger partial charge in [0.25, 0.3) is 0 Å². The lowest BCUT2D eigenvalue weighted by Gasteiger charge is -2.38. The number of rotatable bonds is 1. The molecule has 1 aliphatic heterocycles. The summed E-state index contributed by atoms with van der Waals surface area (Å²) in [4.78, 5) is 24.6. The summed E-state index contributed by atoms with van der Waals surface area (Å²) in [7, 11) is 0. The second-order valence-corrected chi connectivity index (χ2v) is 7.07.